The molecule has 0 fully saturated rings. The number of nitriles is 1. The summed E-state index contributed by atoms with van der Waals surface area (Å²) in [5.74, 6) is 1.54. The molecule has 1 aliphatic heterocycles. The van der Waals surface area contributed by atoms with Crippen LogP contribution in [0.1, 0.15) is 5.56 Å². The second kappa shape index (κ2) is 4.50. The Morgan fingerprint density at radius 2 is 2.25 bits per heavy atom. The van der Waals surface area contributed by atoms with Gasteiger partial charge >= 0.3 is 0 Å². The number of hydrogen-bond donors (Lipinski definition) is 0. The Hall–Kier alpha value is -1.60. The van der Waals surface area contributed by atoms with Crippen LogP contribution < -0.4 is 14.2 Å². The maximum atomic E-state index is 8.71. The molecule has 4 nitrogen and oxygen atoms in total. The molecular formula is C11H10ClNO3. The van der Waals surface area contributed by atoms with Gasteiger partial charge in [0.1, 0.15) is 24.0 Å². The van der Waals surface area contributed by atoms with Crippen LogP contribution in [0.4, 0.5) is 0 Å². The highest BCUT2D eigenvalue weighted by molar-refractivity contribution is 6.34. The predicted octanol–water partition coefficient (Wildman–Crippen LogP) is 2.19. The number of rotatable bonds is 2. The molecule has 0 N–H and O–H groups in total. The van der Waals surface area contributed by atoms with Crippen molar-refractivity contribution < 1.29 is 14.2 Å². The smallest absolute Gasteiger partial charge is 0.183 e. The summed E-state index contributed by atoms with van der Waals surface area (Å²) in [6.07, 6.45) is 0.222. The van der Waals surface area contributed by atoms with Crippen LogP contribution in [0.3, 0.4) is 0 Å². The molecule has 0 spiro atoms. The van der Waals surface area contributed by atoms with Gasteiger partial charge in [-0.15, -0.1) is 0 Å². The van der Waals surface area contributed by atoms with Gasteiger partial charge in [-0.05, 0) is 6.07 Å². The third-order valence-corrected chi connectivity index (χ3v) is 2.62. The molecule has 0 saturated heterocycles. The number of ether oxygens (including phenoxy) is 3. The molecule has 0 bridgehead atoms. The summed E-state index contributed by atoms with van der Waals surface area (Å²) in [5.41, 5.74) is 0.708. The van der Waals surface area contributed by atoms with Crippen LogP contribution in [0.25, 0.3) is 0 Å². The molecular weight excluding hydrogens is 230 g/mol. The normalized spacial score (nSPS) is 13.1. The van der Waals surface area contributed by atoms with Crippen LogP contribution >= 0.6 is 11.6 Å². The Bertz CT molecular complexity index is 454. The van der Waals surface area contributed by atoms with Crippen molar-refractivity contribution in [3.8, 4) is 23.3 Å². The summed E-state index contributed by atoms with van der Waals surface area (Å²) < 4.78 is 16.0. The fraction of sp³-hybridized carbons (Fsp3) is 0.364. The number of methoxy groups -OCH3 is 1. The van der Waals surface area contributed by atoms with Gasteiger partial charge in [0.25, 0.3) is 0 Å². The van der Waals surface area contributed by atoms with Crippen molar-refractivity contribution >= 4 is 11.6 Å². The van der Waals surface area contributed by atoms with E-state index in [4.69, 9.17) is 31.1 Å². The first-order valence-corrected chi connectivity index (χ1v) is 5.17. The lowest BCUT2D eigenvalue weighted by molar-refractivity contribution is 0.170. The van der Waals surface area contributed by atoms with Crippen LogP contribution in [-0.4, -0.2) is 20.3 Å². The van der Waals surface area contributed by atoms with E-state index in [9.17, 15) is 0 Å². The lowest BCUT2D eigenvalue weighted by Gasteiger charge is -2.21. The zero-order chi connectivity index (χ0) is 11.5. The van der Waals surface area contributed by atoms with Crippen molar-refractivity contribution in [2.45, 2.75) is 6.42 Å². The van der Waals surface area contributed by atoms with Gasteiger partial charge in [-0.1, -0.05) is 11.6 Å². The molecule has 16 heavy (non-hydrogen) atoms. The van der Waals surface area contributed by atoms with Crippen molar-refractivity contribution in [2.75, 3.05) is 20.3 Å². The van der Waals surface area contributed by atoms with Crippen LogP contribution in [-0.2, 0) is 6.42 Å². The average Bonchev–Trinajstić information content (AvgIpc) is 2.30. The molecule has 2 rings (SSSR count). The Morgan fingerprint density at radius 3 is 2.94 bits per heavy atom. The van der Waals surface area contributed by atoms with E-state index in [1.165, 1.54) is 7.11 Å². The van der Waals surface area contributed by atoms with E-state index in [2.05, 4.69) is 6.07 Å². The van der Waals surface area contributed by atoms with Gasteiger partial charge in [0.2, 0.25) is 0 Å². The van der Waals surface area contributed by atoms with Gasteiger partial charge in [0.15, 0.2) is 11.5 Å². The Morgan fingerprint density at radius 1 is 1.50 bits per heavy atom. The summed E-state index contributed by atoms with van der Waals surface area (Å²) in [4.78, 5) is 0. The van der Waals surface area contributed by atoms with Crippen LogP contribution in [0, 0.1) is 11.3 Å². The fourth-order valence-electron chi connectivity index (χ4n) is 1.62. The Balaban J connectivity index is 2.55. The van der Waals surface area contributed by atoms with E-state index in [-0.39, 0.29) is 6.42 Å². The maximum absolute atomic E-state index is 8.71. The highest BCUT2D eigenvalue weighted by Gasteiger charge is 2.22. The molecule has 0 aromatic heterocycles. The third-order valence-electron chi connectivity index (χ3n) is 2.28. The maximum Gasteiger partial charge on any atom is 0.183 e. The molecule has 1 aromatic rings. The van der Waals surface area contributed by atoms with E-state index < -0.39 is 0 Å². The average molecular weight is 240 g/mol. The molecule has 0 saturated carbocycles. The van der Waals surface area contributed by atoms with Crippen LogP contribution in [0.15, 0.2) is 6.07 Å². The van der Waals surface area contributed by atoms with Crippen molar-refractivity contribution in [3.63, 3.8) is 0 Å². The van der Waals surface area contributed by atoms with E-state index in [0.717, 1.165) is 0 Å². The molecule has 0 atom stereocenters. The van der Waals surface area contributed by atoms with Gasteiger partial charge in [-0.2, -0.15) is 5.26 Å². The largest absolute Gasteiger partial charge is 0.495 e. The first-order chi connectivity index (χ1) is 7.77. The summed E-state index contributed by atoms with van der Waals surface area (Å²) in [6.45, 7) is 0.953. The first kappa shape index (κ1) is 10.9. The molecule has 84 valence electrons. The van der Waals surface area contributed by atoms with Gasteiger partial charge in [0, 0.05) is 5.56 Å². The Kier molecular flexibility index (Phi) is 3.07. The molecule has 5 heteroatoms. The van der Waals surface area contributed by atoms with Crippen molar-refractivity contribution in [1.29, 1.82) is 5.26 Å². The van der Waals surface area contributed by atoms with Crippen LogP contribution in [0.5, 0.6) is 17.2 Å². The van der Waals surface area contributed by atoms with Gasteiger partial charge < -0.3 is 14.2 Å². The van der Waals surface area contributed by atoms with E-state index in [0.29, 0.717) is 41.0 Å². The summed E-state index contributed by atoms with van der Waals surface area (Å²) >= 11 is 6.13. The van der Waals surface area contributed by atoms with Crippen LogP contribution in [0.2, 0.25) is 5.02 Å². The topological polar surface area (TPSA) is 51.5 Å². The fourth-order valence-corrected chi connectivity index (χ4v) is 1.96. The minimum absolute atomic E-state index is 0.222. The molecule has 0 aliphatic carbocycles. The zero-order valence-electron chi connectivity index (χ0n) is 8.75. The van der Waals surface area contributed by atoms with E-state index >= 15 is 0 Å². The lowest BCUT2D eigenvalue weighted by atomic mass is 10.1. The van der Waals surface area contributed by atoms with E-state index in [1.807, 2.05) is 0 Å². The monoisotopic (exact) mass is 239 g/mol. The highest BCUT2D eigenvalue weighted by Crippen LogP contribution is 2.45. The molecule has 0 unspecified atom stereocenters. The SMILES string of the molecule is COc1c(CC#N)cc2c(c1Cl)OCCO2. The number of hydrogen-bond acceptors (Lipinski definition) is 4. The number of fused-ring (bicyclic) bond motifs is 1. The predicted molar refractivity (Wildman–Crippen MR) is 58.3 cm³/mol. The molecule has 0 radical (unpaired) electrons. The second-order valence-corrected chi connectivity index (χ2v) is 3.62. The van der Waals surface area contributed by atoms with Crippen molar-refractivity contribution in [3.05, 3.63) is 16.7 Å². The van der Waals surface area contributed by atoms with Gasteiger partial charge in [-0.3, -0.25) is 0 Å². The summed E-state index contributed by atoms with van der Waals surface area (Å²) in [6, 6.07) is 3.80. The Labute approximate surface area is 98.3 Å². The standard InChI is InChI=1S/C11H10ClNO3/c1-14-10-7(2-3-13)6-8-11(9(10)12)16-5-4-15-8/h6H,2,4-5H2,1H3. The second-order valence-electron chi connectivity index (χ2n) is 3.24. The van der Waals surface area contributed by atoms with Gasteiger partial charge in [0.05, 0.1) is 19.6 Å². The molecule has 0 amide bonds. The number of nitrogens with zero attached hydrogens (tertiary/aromatic N) is 1. The van der Waals surface area contributed by atoms with Gasteiger partial charge in [-0.25, -0.2) is 0 Å². The molecule has 1 aliphatic rings. The summed E-state index contributed by atoms with van der Waals surface area (Å²) in [5, 5.41) is 9.08. The lowest BCUT2D eigenvalue weighted by Crippen LogP contribution is -2.16. The molecule has 1 heterocycles. The number of halogens is 1. The number of benzene rings is 1. The van der Waals surface area contributed by atoms with Crippen molar-refractivity contribution in [2.24, 2.45) is 0 Å². The van der Waals surface area contributed by atoms with E-state index in [1.54, 1.807) is 6.07 Å². The zero-order valence-corrected chi connectivity index (χ0v) is 9.50. The first-order valence-electron chi connectivity index (χ1n) is 4.80. The highest BCUT2D eigenvalue weighted by atomic mass is 35.5. The molecule has 1 aromatic carbocycles. The summed E-state index contributed by atoms with van der Waals surface area (Å²) in [7, 11) is 1.51. The van der Waals surface area contributed by atoms with Crippen molar-refractivity contribution in [1.82, 2.24) is 0 Å². The third kappa shape index (κ3) is 1.74. The minimum Gasteiger partial charge on any atom is -0.495 e. The quantitative estimate of drug-likeness (QED) is 0.794. The minimum atomic E-state index is 0.222.